The zero-order valence-electron chi connectivity index (χ0n) is 8.62. The second-order valence-corrected chi connectivity index (χ2v) is 3.86. The van der Waals surface area contributed by atoms with Gasteiger partial charge in [0.05, 0.1) is 11.8 Å². The summed E-state index contributed by atoms with van der Waals surface area (Å²) < 4.78 is 0. The highest BCUT2D eigenvalue weighted by Crippen LogP contribution is 2.05. The Bertz CT molecular complexity index is 301. The van der Waals surface area contributed by atoms with Gasteiger partial charge < -0.3 is 10.6 Å². The smallest absolute Gasteiger partial charge is 0.254 e. The Kier molecular flexibility index (Phi) is 3.34. The van der Waals surface area contributed by atoms with Crippen LogP contribution in [0.3, 0.4) is 0 Å². The van der Waals surface area contributed by atoms with E-state index >= 15 is 0 Å². The molecule has 0 spiro atoms. The molecule has 1 saturated heterocycles. The molecular weight excluding hydrogens is 192 g/mol. The fraction of sp³-hybridized carbons (Fsp3) is 0.600. The molecule has 1 aliphatic rings. The zero-order chi connectivity index (χ0) is 10.5. The first-order valence-corrected chi connectivity index (χ1v) is 5.36. The summed E-state index contributed by atoms with van der Waals surface area (Å²) in [6.07, 6.45) is 6.57. The Labute approximate surface area is 88.6 Å². The van der Waals surface area contributed by atoms with Crippen LogP contribution in [-0.2, 0) is 0 Å². The molecule has 0 aliphatic carbocycles. The highest BCUT2D eigenvalue weighted by Gasteiger charge is 2.15. The van der Waals surface area contributed by atoms with E-state index in [-0.39, 0.29) is 11.9 Å². The van der Waals surface area contributed by atoms with Crippen LogP contribution in [0.1, 0.15) is 29.6 Å². The van der Waals surface area contributed by atoms with Crippen molar-refractivity contribution in [2.75, 3.05) is 13.1 Å². The largest absolute Gasteiger partial charge is 0.348 e. The molecule has 3 N–H and O–H groups in total. The molecule has 5 nitrogen and oxygen atoms in total. The van der Waals surface area contributed by atoms with Crippen LogP contribution in [0, 0.1) is 0 Å². The molecule has 0 aromatic carbocycles. The SMILES string of the molecule is O=C(NC1CCCCNC1)c1cn[nH]c1. The topological polar surface area (TPSA) is 69.8 Å². The molecule has 1 atom stereocenters. The number of nitrogens with one attached hydrogen (secondary N) is 3. The van der Waals surface area contributed by atoms with Crippen LogP contribution < -0.4 is 10.6 Å². The van der Waals surface area contributed by atoms with Crippen molar-refractivity contribution in [1.29, 1.82) is 0 Å². The van der Waals surface area contributed by atoms with Crippen molar-refractivity contribution in [3.8, 4) is 0 Å². The molecule has 1 amide bonds. The van der Waals surface area contributed by atoms with E-state index in [0.29, 0.717) is 5.56 Å². The van der Waals surface area contributed by atoms with Crippen LogP contribution in [0.4, 0.5) is 0 Å². The lowest BCUT2D eigenvalue weighted by atomic mass is 10.1. The second-order valence-electron chi connectivity index (χ2n) is 3.86. The number of rotatable bonds is 2. The monoisotopic (exact) mass is 208 g/mol. The first-order chi connectivity index (χ1) is 7.36. The number of hydrogen-bond acceptors (Lipinski definition) is 3. The van der Waals surface area contributed by atoms with Crippen molar-refractivity contribution in [3.05, 3.63) is 18.0 Å². The number of aromatic amines is 1. The van der Waals surface area contributed by atoms with Gasteiger partial charge in [-0.15, -0.1) is 0 Å². The summed E-state index contributed by atoms with van der Waals surface area (Å²) in [4.78, 5) is 11.7. The summed E-state index contributed by atoms with van der Waals surface area (Å²) in [5, 5.41) is 12.7. The van der Waals surface area contributed by atoms with Crippen molar-refractivity contribution in [1.82, 2.24) is 20.8 Å². The summed E-state index contributed by atoms with van der Waals surface area (Å²) in [6, 6.07) is 0.245. The van der Waals surface area contributed by atoms with Crippen molar-refractivity contribution < 1.29 is 4.79 Å². The standard InChI is InChI=1S/C10H16N4O/c15-10(8-5-12-13-6-8)14-9-3-1-2-4-11-7-9/h5-6,9,11H,1-4,7H2,(H,12,13)(H,14,15). The van der Waals surface area contributed by atoms with Gasteiger partial charge in [-0.3, -0.25) is 9.89 Å². The van der Waals surface area contributed by atoms with E-state index in [2.05, 4.69) is 20.8 Å². The summed E-state index contributed by atoms with van der Waals surface area (Å²) in [5.74, 6) is -0.0440. The molecule has 0 saturated carbocycles. The summed E-state index contributed by atoms with van der Waals surface area (Å²) in [6.45, 7) is 1.92. The average Bonchev–Trinajstić information content (AvgIpc) is 2.65. The van der Waals surface area contributed by atoms with Gasteiger partial charge in [0.2, 0.25) is 0 Å². The van der Waals surface area contributed by atoms with E-state index in [0.717, 1.165) is 19.5 Å². The number of aromatic nitrogens is 2. The number of carbonyl (C=O) groups excluding carboxylic acids is 1. The van der Waals surface area contributed by atoms with Gasteiger partial charge in [-0.05, 0) is 19.4 Å². The fourth-order valence-corrected chi connectivity index (χ4v) is 1.79. The third-order valence-electron chi connectivity index (χ3n) is 2.64. The van der Waals surface area contributed by atoms with Crippen molar-refractivity contribution in [2.24, 2.45) is 0 Å². The quantitative estimate of drug-likeness (QED) is 0.654. The predicted octanol–water partition coefficient (Wildman–Crippen LogP) is 0.282. The van der Waals surface area contributed by atoms with Gasteiger partial charge in [0.15, 0.2) is 0 Å². The third kappa shape index (κ3) is 2.79. The minimum absolute atomic E-state index is 0.0440. The Balaban J connectivity index is 1.87. The van der Waals surface area contributed by atoms with E-state index in [4.69, 9.17) is 0 Å². The van der Waals surface area contributed by atoms with Gasteiger partial charge in [0.25, 0.3) is 5.91 Å². The lowest BCUT2D eigenvalue weighted by molar-refractivity contribution is 0.0935. The van der Waals surface area contributed by atoms with E-state index in [1.165, 1.54) is 12.8 Å². The fourth-order valence-electron chi connectivity index (χ4n) is 1.79. The Hall–Kier alpha value is -1.36. The van der Waals surface area contributed by atoms with Crippen molar-refractivity contribution in [3.63, 3.8) is 0 Å². The minimum Gasteiger partial charge on any atom is -0.348 e. The van der Waals surface area contributed by atoms with Crippen LogP contribution >= 0.6 is 0 Å². The molecular formula is C10H16N4O. The second kappa shape index (κ2) is 4.93. The molecule has 0 bridgehead atoms. The molecule has 1 fully saturated rings. The predicted molar refractivity (Wildman–Crippen MR) is 56.6 cm³/mol. The number of carbonyl (C=O) groups is 1. The number of amides is 1. The Morgan fingerprint density at radius 2 is 2.47 bits per heavy atom. The van der Waals surface area contributed by atoms with Gasteiger partial charge in [-0.25, -0.2) is 0 Å². The maximum Gasteiger partial charge on any atom is 0.254 e. The van der Waals surface area contributed by atoms with E-state index in [1.807, 2.05) is 0 Å². The molecule has 1 aliphatic heterocycles. The maximum absolute atomic E-state index is 11.7. The number of nitrogens with zero attached hydrogens (tertiary/aromatic N) is 1. The molecule has 2 rings (SSSR count). The van der Waals surface area contributed by atoms with Crippen molar-refractivity contribution >= 4 is 5.91 Å². The van der Waals surface area contributed by atoms with Gasteiger partial charge in [-0.1, -0.05) is 6.42 Å². The highest BCUT2D eigenvalue weighted by molar-refractivity contribution is 5.93. The normalized spacial score (nSPS) is 22.0. The lowest BCUT2D eigenvalue weighted by Gasteiger charge is -2.15. The first kappa shape index (κ1) is 10.2. The van der Waals surface area contributed by atoms with E-state index in [9.17, 15) is 4.79 Å². The highest BCUT2D eigenvalue weighted by atomic mass is 16.1. The summed E-state index contributed by atoms with van der Waals surface area (Å²) >= 11 is 0. The molecule has 82 valence electrons. The van der Waals surface area contributed by atoms with Crippen LogP contribution in [0.25, 0.3) is 0 Å². The summed E-state index contributed by atoms with van der Waals surface area (Å²) in [5.41, 5.74) is 0.597. The van der Waals surface area contributed by atoms with Crippen LogP contribution in [0.2, 0.25) is 0 Å². The Morgan fingerprint density at radius 3 is 3.27 bits per heavy atom. The summed E-state index contributed by atoms with van der Waals surface area (Å²) in [7, 11) is 0. The molecule has 0 radical (unpaired) electrons. The third-order valence-corrected chi connectivity index (χ3v) is 2.64. The zero-order valence-corrected chi connectivity index (χ0v) is 8.62. The molecule has 5 heteroatoms. The van der Waals surface area contributed by atoms with Crippen LogP contribution in [0.15, 0.2) is 12.4 Å². The van der Waals surface area contributed by atoms with Gasteiger partial charge in [0.1, 0.15) is 0 Å². The first-order valence-electron chi connectivity index (χ1n) is 5.36. The molecule has 1 aromatic rings. The van der Waals surface area contributed by atoms with E-state index < -0.39 is 0 Å². The maximum atomic E-state index is 11.7. The molecule has 2 heterocycles. The van der Waals surface area contributed by atoms with Crippen molar-refractivity contribution in [2.45, 2.75) is 25.3 Å². The van der Waals surface area contributed by atoms with Gasteiger partial charge in [0, 0.05) is 18.8 Å². The van der Waals surface area contributed by atoms with E-state index in [1.54, 1.807) is 12.4 Å². The average molecular weight is 208 g/mol. The lowest BCUT2D eigenvalue weighted by Crippen LogP contribution is -2.40. The molecule has 1 unspecified atom stereocenters. The molecule has 1 aromatic heterocycles. The van der Waals surface area contributed by atoms with Gasteiger partial charge >= 0.3 is 0 Å². The minimum atomic E-state index is -0.0440. The van der Waals surface area contributed by atoms with Crippen LogP contribution in [-0.4, -0.2) is 35.2 Å². The van der Waals surface area contributed by atoms with Gasteiger partial charge in [-0.2, -0.15) is 5.10 Å². The number of hydrogen-bond donors (Lipinski definition) is 3. The molecule has 15 heavy (non-hydrogen) atoms. The Morgan fingerprint density at radius 1 is 1.53 bits per heavy atom. The van der Waals surface area contributed by atoms with Crippen LogP contribution in [0.5, 0.6) is 0 Å². The number of H-pyrrole nitrogens is 1.